The molecule has 0 amide bonds. The van der Waals surface area contributed by atoms with Crippen LogP contribution in [0.5, 0.6) is 11.5 Å². The molecule has 0 aliphatic carbocycles. The minimum Gasteiger partial charge on any atom is -0.508 e. The number of hydrogen-bond acceptors (Lipinski definition) is 3. The molecule has 2 aromatic rings. The molecule has 1 unspecified atom stereocenters. The van der Waals surface area contributed by atoms with Crippen molar-refractivity contribution in [3.05, 3.63) is 53.6 Å². The fourth-order valence-electron chi connectivity index (χ4n) is 2.62. The molecule has 1 atom stereocenters. The normalized spacial score (nSPS) is 17.5. The number of aromatic hydroxyl groups is 1. The van der Waals surface area contributed by atoms with Gasteiger partial charge in [0.2, 0.25) is 0 Å². The van der Waals surface area contributed by atoms with Crippen LogP contribution in [0.25, 0.3) is 0 Å². The number of phenols is 1. The molecule has 20 heavy (non-hydrogen) atoms. The maximum absolute atomic E-state index is 9.55. The third-order valence-electron chi connectivity index (χ3n) is 3.71. The highest BCUT2D eigenvalue weighted by Crippen LogP contribution is 2.35. The first kappa shape index (κ1) is 12.9. The highest BCUT2D eigenvalue weighted by molar-refractivity contribution is 5.62. The Morgan fingerprint density at radius 3 is 2.70 bits per heavy atom. The van der Waals surface area contributed by atoms with Crippen LogP contribution in [-0.4, -0.2) is 24.8 Å². The molecular formula is C17H19NO2. The van der Waals surface area contributed by atoms with Gasteiger partial charge in [-0.05, 0) is 24.6 Å². The van der Waals surface area contributed by atoms with Gasteiger partial charge in [-0.15, -0.1) is 0 Å². The van der Waals surface area contributed by atoms with Gasteiger partial charge in [0.05, 0.1) is 12.2 Å². The van der Waals surface area contributed by atoms with E-state index >= 15 is 0 Å². The first-order chi connectivity index (χ1) is 9.61. The second kappa shape index (κ2) is 5.08. The summed E-state index contributed by atoms with van der Waals surface area (Å²) in [4.78, 5) is 2.14. The molecule has 0 fully saturated rings. The summed E-state index contributed by atoms with van der Waals surface area (Å²) in [5.74, 6) is 1.12. The Bertz CT molecular complexity index is 607. The smallest absolute Gasteiger partial charge is 0.143 e. The predicted octanol–water partition coefficient (Wildman–Crippen LogP) is 3.14. The Morgan fingerprint density at radius 1 is 1.20 bits per heavy atom. The second-order valence-corrected chi connectivity index (χ2v) is 5.46. The van der Waals surface area contributed by atoms with Crippen molar-refractivity contribution in [2.75, 3.05) is 18.5 Å². The molecule has 0 saturated heterocycles. The number of fused-ring (bicyclic) bond motifs is 1. The standard InChI is InChI=1S/C17H19NO2/c1-12-3-5-13(6-4-12)9-15-11-18(2)16-10-14(19)7-8-17(16)20-15/h3-8,10,15,19H,9,11H2,1-2H3. The lowest BCUT2D eigenvalue weighted by atomic mass is 10.0. The number of nitrogens with zero attached hydrogens (tertiary/aromatic N) is 1. The zero-order valence-corrected chi connectivity index (χ0v) is 11.8. The third-order valence-corrected chi connectivity index (χ3v) is 3.71. The van der Waals surface area contributed by atoms with Gasteiger partial charge in [-0.1, -0.05) is 29.8 Å². The molecule has 1 N–H and O–H groups in total. The summed E-state index contributed by atoms with van der Waals surface area (Å²) in [6, 6.07) is 13.8. The van der Waals surface area contributed by atoms with Crippen LogP contribution in [0.1, 0.15) is 11.1 Å². The summed E-state index contributed by atoms with van der Waals surface area (Å²) in [6.45, 7) is 2.92. The fraction of sp³-hybridized carbons (Fsp3) is 0.294. The lowest BCUT2D eigenvalue weighted by molar-refractivity contribution is 0.196. The van der Waals surface area contributed by atoms with Gasteiger partial charge in [-0.3, -0.25) is 0 Å². The predicted molar refractivity (Wildman–Crippen MR) is 80.7 cm³/mol. The van der Waals surface area contributed by atoms with Crippen molar-refractivity contribution < 1.29 is 9.84 Å². The first-order valence-electron chi connectivity index (χ1n) is 6.88. The van der Waals surface area contributed by atoms with Gasteiger partial charge in [-0.25, -0.2) is 0 Å². The number of likely N-dealkylation sites (N-methyl/N-ethyl adjacent to an activating group) is 1. The van der Waals surface area contributed by atoms with Crippen LogP contribution in [0.2, 0.25) is 0 Å². The fourth-order valence-corrected chi connectivity index (χ4v) is 2.62. The summed E-state index contributed by atoms with van der Waals surface area (Å²) in [7, 11) is 2.03. The van der Waals surface area contributed by atoms with E-state index in [-0.39, 0.29) is 11.9 Å². The van der Waals surface area contributed by atoms with Crippen LogP contribution in [0.4, 0.5) is 5.69 Å². The number of hydrogen-bond donors (Lipinski definition) is 1. The van der Waals surface area contributed by atoms with E-state index in [0.29, 0.717) is 0 Å². The maximum atomic E-state index is 9.55. The van der Waals surface area contributed by atoms with Crippen molar-refractivity contribution in [3.63, 3.8) is 0 Å². The Labute approximate surface area is 119 Å². The van der Waals surface area contributed by atoms with Crippen LogP contribution in [0, 0.1) is 6.92 Å². The van der Waals surface area contributed by atoms with Crippen LogP contribution in [-0.2, 0) is 6.42 Å². The topological polar surface area (TPSA) is 32.7 Å². The molecule has 1 aliphatic heterocycles. The number of anilines is 1. The molecule has 0 aromatic heterocycles. The van der Waals surface area contributed by atoms with Crippen LogP contribution < -0.4 is 9.64 Å². The van der Waals surface area contributed by atoms with Crippen molar-refractivity contribution >= 4 is 5.69 Å². The molecular weight excluding hydrogens is 250 g/mol. The summed E-state index contributed by atoms with van der Waals surface area (Å²) in [5, 5.41) is 9.55. The number of ether oxygens (including phenoxy) is 1. The number of phenolic OH excluding ortho intramolecular Hbond substituents is 1. The van der Waals surface area contributed by atoms with E-state index in [1.807, 2.05) is 13.1 Å². The van der Waals surface area contributed by atoms with Gasteiger partial charge < -0.3 is 14.7 Å². The van der Waals surface area contributed by atoms with E-state index in [2.05, 4.69) is 36.1 Å². The van der Waals surface area contributed by atoms with Gasteiger partial charge in [0.1, 0.15) is 17.6 Å². The van der Waals surface area contributed by atoms with Crippen LogP contribution in [0.15, 0.2) is 42.5 Å². The lowest BCUT2D eigenvalue weighted by Crippen LogP contribution is -2.38. The molecule has 1 aliphatic rings. The Kier molecular flexibility index (Phi) is 3.26. The minimum atomic E-state index is 0.139. The van der Waals surface area contributed by atoms with E-state index in [0.717, 1.165) is 24.4 Å². The number of rotatable bonds is 2. The average Bonchev–Trinajstić information content (AvgIpc) is 2.42. The quantitative estimate of drug-likeness (QED) is 0.909. The Hall–Kier alpha value is -2.16. The summed E-state index contributed by atoms with van der Waals surface area (Å²) in [5.41, 5.74) is 3.51. The monoisotopic (exact) mass is 269 g/mol. The van der Waals surface area contributed by atoms with E-state index in [1.54, 1.807) is 12.1 Å². The second-order valence-electron chi connectivity index (χ2n) is 5.46. The summed E-state index contributed by atoms with van der Waals surface area (Å²) in [6.07, 6.45) is 1.03. The highest BCUT2D eigenvalue weighted by Gasteiger charge is 2.23. The molecule has 0 spiro atoms. The number of aryl methyl sites for hydroxylation is 1. The van der Waals surface area contributed by atoms with E-state index < -0.39 is 0 Å². The molecule has 3 heteroatoms. The molecule has 104 valence electrons. The van der Waals surface area contributed by atoms with Crippen LogP contribution >= 0.6 is 0 Å². The zero-order valence-electron chi connectivity index (χ0n) is 11.8. The zero-order chi connectivity index (χ0) is 14.1. The average molecular weight is 269 g/mol. The van der Waals surface area contributed by atoms with E-state index in [4.69, 9.17) is 4.74 Å². The van der Waals surface area contributed by atoms with Gasteiger partial charge in [0.15, 0.2) is 0 Å². The molecule has 1 heterocycles. The summed E-state index contributed by atoms with van der Waals surface area (Å²) < 4.78 is 6.04. The Morgan fingerprint density at radius 2 is 1.95 bits per heavy atom. The Balaban J connectivity index is 1.77. The van der Waals surface area contributed by atoms with Crippen molar-refractivity contribution in [3.8, 4) is 11.5 Å². The van der Waals surface area contributed by atoms with Crippen LogP contribution in [0.3, 0.4) is 0 Å². The molecule has 0 bridgehead atoms. The highest BCUT2D eigenvalue weighted by atomic mass is 16.5. The molecule has 2 aromatic carbocycles. The van der Waals surface area contributed by atoms with E-state index in [9.17, 15) is 5.11 Å². The van der Waals surface area contributed by atoms with Crippen molar-refractivity contribution in [2.45, 2.75) is 19.4 Å². The summed E-state index contributed by atoms with van der Waals surface area (Å²) >= 11 is 0. The largest absolute Gasteiger partial charge is 0.508 e. The molecule has 3 rings (SSSR count). The van der Waals surface area contributed by atoms with Crippen molar-refractivity contribution in [2.24, 2.45) is 0 Å². The van der Waals surface area contributed by atoms with Crippen molar-refractivity contribution in [1.82, 2.24) is 0 Å². The maximum Gasteiger partial charge on any atom is 0.143 e. The van der Waals surface area contributed by atoms with E-state index in [1.165, 1.54) is 11.1 Å². The SMILES string of the molecule is Cc1ccc(CC2CN(C)c3cc(O)ccc3O2)cc1. The van der Waals surface area contributed by atoms with Crippen molar-refractivity contribution in [1.29, 1.82) is 0 Å². The van der Waals surface area contributed by atoms with Gasteiger partial charge >= 0.3 is 0 Å². The number of benzene rings is 2. The molecule has 0 saturated carbocycles. The van der Waals surface area contributed by atoms with Gasteiger partial charge in [0, 0.05) is 19.5 Å². The van der Waals surface area contributed by atoms with Gasteiger partial charge in [0.25, 0.3) is 0 Å². The lowest BCUT2D eigenvalue weighted by Gasteiger charge is -2.34. The molecule has 3 nitrogen and oxygen atoms in total. The molecule has 0 radical (unpaired) electrons. The third kappa shape index (κ3) is 2.57. The van der Waals surface area contributed by atoms with Gasteiger partial charge in [-0.2, -0.15) is 0 Å². The minimum absolute atomic E-state index is 0.139. The first-order valence-corrected chi connectivity index (χ1v) is 6.88.